The van der Waals surface area contributed by atoms with E-state index in [9.17, 15) is 14.9 Å². The predicted octanol–water partition coefficient (Wildman–Crippen LogP) is 4.91. The number of furan rings is 1. The number of amides is 1. The van der Waals surface area contributed by atoms with Crippen molar-refractivity contribution < 1.29 is 33.0 Å². The Morgan fingerprint density at radius 1 is 1.00 bits per heavy atom. The van der Waals surface area contributed by atoms with Gasteiger partial charge in [-0.25, -0.2) is 9.78 Å². The van der Waals surface area contributed by atoms with Crippen LogP contribution in [-0.2, 0) is 9.47 Å². The molecule has 1 amide bonds. The molecule has 0 aliphatic carbocycles. The van der Waals surface area contributed by atoms with E-state index in [1.165, 1.54) is 33.7 Å². The Hall–Kier alpha value is -5.14. The first-order valence-corrected chi connectivity index (χ1v) is 11.3. The monoisotopic (exact) mass is 513 g/mol. The molecule has 0 aliphatic rings. The van der Waals surface area contributed by atoms with Crippen molar-refractivity contribution in [2.75, 3.05) is 33.4 Å². The fourth-order valence-corrected chi connectivity index (χ4v) is 3.84. The van der Waals surface area contributed by atoms with Crippen molar-refractivity contribution >= 4 is 17.7 Å². The number of hydrogen-bond donors (Lipinski definition) is 1. The molecule has 0 radical (unpaired) electrons. The number of aromatic nitrogens is 1. The number of anilines is 1. The maximum absolute atomic E-state index is 12.9. The van der Waals surface area contributed by atoms with Crippen LogP contribution in [0.5, 0.6) is 11.5 Å². The van der Waals surface area contributed by atoms with E-state index in [2.05, 4.69) is 16.4 Å². The lowest BCUT2D eigenvalue weighted by molar-refractivity contribution is 0.0515. The molecule has 38 heavy (non-hydrogen) atoms. The normalized spacial score (nSPS) is 10.4. The van der Waals surface area contributed by atoms with Crippen molar-refractivity contribution in [3.05, 3.63) is 83.8 Å². The molecule has 0 aliphatic heterocycles. The van der Waals surface area contributed by atoms with Gasteiger partial charge in [-0.15, -0.1) is 0 Å². The topological polar surface area (TPSA) is 133 Å². The first kappa shape index (κ1) is 25.9. The summed E-state index contributed by atoms with van der Waals surface area (Å²) in [6, 6.07) is 18.8. The Morgan fingerprint density at radius 2 is 1.79 bits per heavy atom. The first-order chi connectivity index (χ1) is 18.5. The molecule has 0 saturated carbocycles. The van der Waals surface area contributed by atoms with Crippen LogP contribution in [0.1, 0.15) is 26.5 Å². The van der Waals surface area contributed by atoms with Crippen molar-refractivity contribution in [2.24, 2.45) is 0 Å². The third-order valence-corrected chi connectivity index (χ3v) is 5.52. The Labute approximate surface area is 218 Å². The van der Waals surface area contributed by atoms with Gasteiger partial charge in [-0.1, -0.05) is 24.3 Å². The molecule has 2 heterocycles. The Kier molecular flexibility index (Phi) is 8.01. The molecule has 1 N–H and O–H groups in total. The number of pyridine rings is 1. The quantitative estimate of drug-likeness (QED) is 0.245. The highest BCUT2D eigenvalue weighted by molar-refractivity contribution is 6.04. The number of carbonyl (C=O) groups is 2. The number of benzene rings is 2. The van der Waals surface area contributed by atoms with Crippen LogP contribution in [-0.4, -0.2) is 45.0 Å². The minimum Gasteiger partial charge on any atom is -0.495 e. The maximum Gasteiger partial charge on any atom is 0.341 e. The second kappa shape index (κ2) is 11.7. The molecule has 2 aromatic heterocycles. The molecule has 0 fully saturated rings. The van der Waals surface area contributed by atoms with Gasteiger partial charge >= 0.3 is 5.97 Å². The highest BCUT2D eigenvalue weighted by Gasteiger charge is 2.24. The van der Waals surface area contributed by atoms with Crippen LogP contribution in [0, 0.1) is 11.3 Å². The fraction of sp³-hybridized carbons (Fsp3) is 0.143. The van der Waals surface area contributed by atoms with Gasteiger partial charge in [0.2, 0.25) is 0 Å². The number of nitrogens with one attached hydrogen (secondary N) is 1. The molecule has 2 aromatic carbocycles. The highest BCUT2D eigenvalue weighted by atomic mass is 16.7. The summed E-state index contributed by atoms with van der Waals surface area (Å²) in [6.45, 7) is -0.00274. The van der Waals surface area contributed by atoms with Gasteiger partial charge in [-0.3, -0.25) is 4.79 Å². The molecule has 10 nitrogen and oxygen atoms in total. The summed E-state index contributed by atoms with van der Waals surface area (Å²) < 4.78 is 26.4. The van der Waals surface area contributed by atoms with E-state index in [4.69, 9.17) is 23.4 Å². The van der Waals surface area contributed by atoms with Crippen molar-refractivity contribution in [1.82, 2.24) is 4.98 Å². The molecule has 0 spiro atoms. The average Bonchev–Trinajstić information content (AvgIpc) is 3.50. The molecule has 4 aromatic rings. The summed E-state index contributed by atoms with van der Waals surface area (Å²) in [5, 5.41) is 12.9. The van der Waals surface area contributed by atoms with E-state index in [1.807, 2.05) is 0 Å². The van der Waals surface area contributed by atoms with Crippen molar-refractivity contribution in [3.8, 4) is 40.0 Å². The van der Waals surface area contributed by atoms with E-state index in [0.717, 1.165) is 0 Å². The molecule has 0 bridgehead atoms. The van der Waals surface area contributed by atoms with Crippen LogP contribution in [0.15, 0.2) is 71.3 Å². The molecule has 10 heteroatoms. The zero-order valence-corrected chi connectivity index (χ0v) is 20.8. The summed E-state index contributed by atoms with van der Waals surface area (Å²) in [5.41, 5.74) is 1.94. The van der Waals surface area contributed by atoms with Crippen LogP contribution >= 0.6 is 0 Å². The summed E-state index contributed by atoms with van der Waals surface area (Å²) in [7, 11) is 4.18. The molecule has 4 rings (SSSR count). The minimum atomic E-state index is -0.610. The van der Waals surface area contributed by atoms with Crippen LogP contribution < -0.4 is 14.8 Å². The predicted molar refractivity (Wildman–Crippen MR) is 137 cm³/mol. The van der Waals surface area contributed by atoms with E-state index in [1.54, 1.807) is 54.6 Å². The zero-order chi connectivity index (χ0) is 27.1. The van der Waals surface area contributed by atoms with Gasteiger partial charge in [-0.2, -0.15) is 5.26 Å². The van der Waals surface area contributed by atoms with E-state index in [-0.39, 0.29) is 35.2 Å². The molecule has 0 unspecified atom stereocenters. The smallest absolute Gasteiger partial charge is 0.341 e. The lowest BCUT2D eigenvalue weighted by Gasteiger charge is -2.17. The summed E-state index contributed by atoms with van der Waals surface area (Å²) >= 11 is 0. The lowest BCUT2D eigenvalue weighted by atomic mass is 9.95. The second-order valence-corrected chi connectivity index (χ2v) is 7.75. The lowest BCUT2D eigenvalue weighted by Crippen LogP contribution is -2.14. The Morgan fingerprint density at radius 3 is 2.47 bits per heavy atom. The molecule has 0 atom stereocenters. The minimum absolute atomic E-state index is 0.00274. The van der Waals surface area contributed by atoms with E-state index >= 15 is 0 Å². The molecular weight excluding hydrogens is 490 g/mol. The number of ether oxygens (including phenoxy) is 4. The van der Waals surface area contributed by atoms with Gasteiger partial charge in [0.05, 0.1) is 26.2 Å². The van der Waals surface area contributed by atoms with Crippen molar-refractivity contribution in [2.45, 2.75) is 0 Å². The fourth-order valence-electron chi connectivity index (χ4n) is 3.84. The second-order valence-electron chi connectivity index (χ2n) is 7.75. The number of carbonyl (C=O) groups excluding carboxylic acids is 2. The zero-order valence-electron chi connectivity index (χ0n) is 20.8. The number of para-hydroxylation sites is 2. The largest absolute Gasteiger partial charge is 0.495 e. The number of nitriles is 1. The number of rotatable bonds is 9. The molecule has 0 saturated heterocycles. The molecular formula is C28H23N3O7. The van der Waals surface area contributed by atoms with Crippen LogP contribution in [0.2, 0.25) is 0 Å². The van der Waals surface area contributed by atoms with Crippen molar-refractivity contribution in [3.63, 3.8) is 0 Å². The van der Waals surface area contributed by atoms with Gasteiger partial charge in [0.1, 0.15) is 28.7 Å². The number of esters is 1. The summed E-state index contributed by atoms with van der Waals surface area (Å²) in [5.74, 6) is -0.524. The Balaban J connectivity index is 1.98. The first-order valence-electron chi connectivity index (χ1n) is 11.3. The Bertz CT molecular complexity index is 1510. The van der Waals surface area contributed by atoms with Crippen LogP contribution in [0.25, 0.3) is 22.4 Å². The van der Waals surface area contributed by atoms with Crippen LogP contribution in [0.4, 0.5) is 5.82 Å². The third-order valence-electron chi connectivity index (χ3n) is 5.52. The van der Waals surface area contributed by atoms with Gasteiger partial charge in [0, 0.05) is 23.8 Å². The van der Waals surface area contributed by atoms with Crippen LogP contribution in [0.3, 0.4) is 0 Å². The van der Waals surface area contributed by atoms with E-state index in [0.29, 0.717) is 28.1 Å². The molecule has 192 valence electrons. The third kappa shape index (κ3) is 5.18. The number of methoxy groups -OCH3 is 3. The number of nitrogens with zero attached hydrogens (tertiary/aromatic N) is 2. The maximum atomic E-state index is 12.9. The standard InChI is InChI=1S/C28H23N3O7/c1-34-16-38-23-11-5-4-8-18(23)22-14-20(17-9-6-10-19(25(17)35-2)28(33)36-3)21(15-29)26(30-22)31-27(32)24-12-7-13-37-24/h4-14H,16H2,1-3H3,(H,30,31,32). The highest BCUT2D eigenvalue weighted by Crippen LogP contribution is 2.40. The summed E-state index contributed by atoms with van der Waals surface area (Å²) in [6.07, 6.45) is 1.36. The van der Waals surface area contributed by atoms with Gasteiger partial charge < -0.3 is 28.7 Å². The van der Waals surface area contributed by atoms with Gasteiger partial charge in [0.15, 0.2) is 18.4 Å². The van der Waals surface area contributed by atoms with Crippen molar-refractivity contribution in [1.29, 1.82) is 5.26 Å². The average molecular weight is 514 g/mol. The van der Waals surface area contributed by atoms with E-state index < -0.39 is 11.9 Å². The van der Waals surface area contributed by atoms with Gasteiger partial charge in [0.25, 0.3) is 5.91 Å². The summed E-state index contributed by atoms with van der Waals surface area (Å²) in [4.78, 5) is 29.9. The number of hydrogen-bond acceptors (Lipinski definition) is 9. The SMILES string of the molecule is COCOc1ccccc1-c1cc(-c2cccc(C(=O)OC)c2OC)c(C#N)c(NC(=O)c2ccco2)n1. The van der Waals surface area contributed by atoms with Gasteiger partial charge in [-0.05, 0) is 36.4 Å².